The van der Waals surface area contributed by atoms with E-state index in [1.165, 1.54) is 0 Å². The van der Waals surface area contributed by atoms with Crippen molar-refractivity contribution in [2.24, 2.45) is 0 Å². The van der Waals surface area contributed by atoms with Gasteiger partial charge in [0.1, 0.15) is 18.1 Å². The van der Waals surface area contributed by atoms with Crippen molar-refractivity contribution in [3.63, 3.8) is 0 Å². The summed E-state index contributed by atoms with van der Waals surface area (Å²) in [5, 5.41) is 8.97. The van der Waals surface area contributed by atoms with Crippen LogP contribution in [0.1, 0.15) is 21.5 Å². The fourth-order valence-electron chi connectivity index (χ4n) is 1.89. The summed E-state index contributed by atoms with van der Waals surface area (Å²) in [6.07, 6.45) is 0. The van der Waals surface area contributed by atoms with Gasteiger partial charge in [0.15, 0.2) is 0 Å². The maximum Gasteiger partial charge on any atom is 0.335 e. The largest absolute Gasteiger partial charge is 0.497 e. The Labute approximate surface area is 117 Å². The van der Waals surface area contributed by atoms with Crippen LogP contribution in [0, 0.1) is 6.92 Å². The minimum atomic E-state index is -0.912. The number of ether oxygens (including phenoxy) is 2. The number of benzene rings is 2. The summed E-state index contributed by atoms with van der Waals surface area (Å²) < 4.78 is 10.7. The minimum Gasteiger partial charge on any atom is -0.497 e. The molecule has 104 valence electrons. The summed E-state index contributed by atoms with van der Waals surface area (Å²) >= 11 is 0. The second-order valence-corrected chi connectivity index (χ2v) is 4.42. The van der Waals surface area contributed by atoms with E-state index in [0.717, 1.165) is 22.6 Å². The second kappa shape index (κ2) is 6.10. The van der Waals surface area contributed by atoms with Gasteiger partial charge in [-0.2, -0.15) is 0 Å². The Morgan fingerprint density at radius 3 is 2.30 bits per heavy atom. The van der Waals surface area contributed by atoms with Gasteiger partial charge < -0.3 is 14.6 Å². The van der Waals surface area contributed by atoms with E-state index in [1.54, 1.807) is 26.2 Å². The zero-order valence-corrected chi connectivity index (χ0v) is 11.4. The van der Waals surface area contributed by atoms with Crippen molar-refractivity contribution in [3.8, 4) is 11.5 Å². The Morgan fingerprint density at radius 2 is 1.75 bits per heavy atom. The lowest BCUT2D eigenvalue weighted by Crippen LogP contribution is -2.02. The number of carbonyl (C=O) groups is 1. The fourth-order valence-corrected chi connectivity index (χ4v) is 1.89. The Balaban J connectivity index is 2.03. The van der Waals surface area contributed by atoms with Crippen LogP contribution in [0.4, 0.5) is 0 Å². The molecule has 0 saturated carbocycles. The number of aryl methyl sites for hydroxylation is 1. The molecule has 0 fully saturated rings. The van der Waals surface area contributed by atoms with E-state index in [0.29, 0.717) is 12.2 Å². The Kier molecular flexibility index (Phi) is 4.25. The summed E-state index contributed by atoms with van der Waals surface area (Å²) in [5.41, 5.74) is 1.98. The van der Waals surface area contributed by atoms with Crippen LogP contribution in [0.3, 0.4) is 0 Å². The summed E-state index contributed by atoms with van der Waals surface area (Å²) in [4.78, 5) is 10.9. The van der Waals surface area contributed by atoms with Crippen LogP contribution in [0.25, 0.3) is 0 Å². The average molecular weight is 272 g/mol. The third kappa shape index (κ3) is 3.29. The molecule has 0 heterocycles. The smallest absolute Gasteiger partial charge is 0.335 e. The molecule has 2 aromatic carbocycles. The highest BCUT2D eigenvalue weighted by atomic mass is 16.5. The molecule has 1 N–H and O–H groups in total. The van der Waals surface area contributed by atoms with Crippen molar-refractivity contribution in [2.75, 3.05) is 7.11 Å². The van der Waals surface area contributed by atoms with Crippen molar-refractivity contribution < 1.29 is 19.4 Å². The zero-order chi connectivity index (χ0) is 14.5. The van der Waals surface area contributed by atoms with Crippen LogP contribution >= 0.6 is 0 Å². The molecule has 0 unspecified atom stereocenters. The fraction of sp³-hybridized carbons (Fsp3) is 0.188. The third-order valence-electron chi connectivity index (χ3n) is 2.99. The van der Waals surface area contributed by atoms with E-state index in [9.17, 15) is 4.79 Å². The van der Waals surface area contributed by atoms with Gasteiger partial charge in [0.25, 0.3) is 0 Å². The molecule has 0 bridgehead atoms. The molecular weight excluding hydrogens is 256 g/mol. The zero-order valence-electron chi connectivity index (χ0n) is 11.4. The molecule has 2 aromatic rings. The molecule has 20 heavy (non-hydrogen) atoms. The highest BCUT2D eigenvalue weighted by molar-refractivity contribution is 5.89. The topological polar surface area (TPSA) is 55.8 Å². The van der Waals surface area contributed by atoms with Crippen LogP contribution < -0.4 is 9.47 Å². The molecule has 0 radical (unpaired) electrons. The lowest BCUT2D eigenvalue weighted by molar-refractivity contribution is 0.0696. The third-order valence-corrected chi connectivity index (χ3v) is 2.99. The SMILES string of the molecule is COc1ccc(OCc2ccc(C(=O)O)c(C)c2)cc1. The van der Waals surface area contributed by atoms with Gasteiger partial charge in [-0.1, -0.05) is 12.1 Å². The normalized spacial score (nSPS) is 10.1. The monoisotopic (exact) mass is 272 g/mol. The summed E-state index contributed by atoms with van der Waals surface area (Å²) in [6, 6.07) is 12.5. The van der Waals surface area contributed by atoms with Gasteiger partial charge in [-0.3, -0.25) is 0 Å². The van der Waals surface area contributed by atoms with Gasteiger partial charge in [0.2, 0.25) is 0 Å². The first-order valence-electron chi connectivity index (χ1n) is 6.20. The van der Waals surface area contributed by atoms with Crippen LogP contribution in [0.2, 0.25) is 0 Å². The maximum atomic E-state index is 10.9. The molecule has 2 rings (SSSR count). The first kappa shape index (κ1) is 13.9. The second-order valence-electron chi connectivity index (χ2n) is 4.42. The number of carboxylic acid groups (broad SMARTS) is 1. The molecule has 0 amide bonds. The van der Waals surface area contributed by atoms with Crippen molar-refractivity contribution in [2.45, 2.75) is 13.5 Å². The lowest BCUT2D eigenvalue weighted by atomic mass is 10.1. The number of carboxylic acids is 1. The quantitative estimate of drug-likeness (QED) is 0.907. The van der Waals surface area contributed by atoms with Crippen LogP contribution in [-0.2, 0) is 6.61 Å². The van der Waals surface area contributed by atoms with Crippen LogP contribution in [-0.4, -0.2) is 18.2 Å². The van der Waals surface area contributed by atoms with E-state index in [4.69, 9.17) is 14.6 Å². The van der Waals surface area contributed by atoms with Gasteiger partial charge in [0, 0.05) is 0 Å². The van der Waals surface area contributed by atoms with Gasteiger partial charge >= 0.3 is 5.97 Å². The molecule has 4 nitrogen and oxygen atoms in total. The molecule has 4 heteroatoms. The first-order chi connectivity index (χ1) is 9.60. The Hall–Kier alpha value is -2.49. The number of hydrogen-bond donors (Lipinski definition) is 1. The highest BCUT2D eigenvalue weighted by Gasteiger charge is 2.07. The van der Waals surface area contributed by atoms with Crippen molar-refractivity contribution >= 4 is 5.97 Å². The van der Waals surface area contributed by atoms with E-state index in [2.05, 4.69) is 0 Å². The summed E-state index contributed by atoms with van der Waals surface area (Å²) in [5.74, 6) is 0.606. The molecule has 0 aliphatic rings. The van der Waals surface area contributed by atoms with Crippen molar-refractivity contribution in [3.05, 3.63) is 59.2 Å². The molecule has 0 aliphatic heterocycles. The minimum absolute atomic E-state index is 0.318. The highest BCUT2D eigenvalue weighted by Crippen LogP contribution is 2.19. The van der Waals surface area contributed by atoms with Gasteiger partial charge in [-0.15, -0.1) is 0 Å². The van der Waals surface area contributed by atoms with Gasteiger partial charge in [-0.25, -0.2) is 4.79 Å². The Morgan fingerprint density at radius 1 is 1.10 bits per heavy atom. The predicted octanol–water partition coefficient (Wildman–Crippen LogP) is 3.28. The number of hydrogen-bond acceptors (Lipinski definition) is 3. The molecule has 0 aliphatic carbocycles. The number of rotatable bonds is 5. The lowest BCUT2D eigenvalue weighted by Gasteiger charge is -2.09. The first-order valence-corrected chi connectivity index (χ1v) is 6.20. The molecule has 0 saturated heterocycles. The predicted molar refractivity (Wildman–Crippen MR) is 75.5 cm³/mol. The standard InChI is InChI=1S/C16H16O4/c1-11-9-12(3-8-15(11)16(17)18)10-20-14-6-4-13(19-2)5-7-14/h3-9H,10H2,1-2H3,(H,17,18). The van der Waals surface area contributed by atoms with Crippen LogP contribution in [0.15, 0.2) is 42.5 Å². The van der Waals surface area contributed by atoms with Gasteiger partial charge in [0.05, 0.1) is 12.7 Å². The van der Waals surface area contributed by atoms with Crippen molar-refractivity contribution in [1.29, 1.82) is 0 Å². The van der Waals surface area contributed by atoms with Gasteiger partial charge in [-0.05, 0) is 48.4 Å². The van der Waals surface area contributed by atoms with Crippen LogP contribution in [0.5, 0.6) is 11.5 Å². The molecule has 0 atom stereocenters. The maximum absolute atomic E-state index is 10.9. The molecule has 0 spiro atoms. The summed E-state index contributed by atoms with van der Waals surface area (Å²) in [6.45, 7) is 2.17. The van der Waals surface area contributed by atoms with Crippen molar-refractivity contribution in [1.82, 2.24) is 0 Å². The van der Waals surface area contributed by atoms with E-state index in [1.807, 2.05) is 30.3 Å². The van der Waals surface area contributed by atoms with E-state index in [-0.39, 0.29) is 0 Å². The van der Waals surface area contributed by atoms with E-state index < -0.39 is 5.97 Å². The Bertz CT molecular complexity index is 602. The average Bonchev–Trinajstić information content (AvgIpc) is 2.45. The molecular formula is C16H16O4. The molecule has 0 aromatic heterocycles. The number of aromatic carboxylic acids is 1. The van der Waals surface area contributed by atoms with E-state index >= 15 is 0 Å². The summed E-state index contributed by atoms with van der Waals surface area (Å²) in [7, 11) is 1.61. The number of methoxy groups -OCH3 is 1.